The van der Waals surface area contributed by atoms with Crippen LogP contribution in [0.2, 0.25) is 5.15 Å². The van der Waals surface area contributed by atoms with Crippen molar-refractivity contribution in [1.29, 1.82) is 0 Å². The molecule has 0 amide bonds. The molecular formula is C18H18ClF3N2. The van der Waals surface area contributed by atoms with Crippen molar-refractivity contribution in [2.24, 2.45) is 0 Å². The zero-order chi connectivity index (χ0) is 16.9. The summed E-state index contributed by atoms with van der Waals surface area (Å²) in [5, 5.41) is 0.442. The van der Waals surface area contributed by atoms with Crippen LogP contribution < -0.4 is 0 Å². The van der Waals surface area contributed by atoms with Crippen LogP contribution in [0.15, 0.2) is 30.6 Å². The lowest BCUT2D eigenvalue weighted by Crippen LogP contribution is -2.35. The van der Waals surface area contributed by atoms with Crippen molar-refractivity contribution in [1.82, 2.24) is 9.55 Å². The van der Waals surface area contributed by atoms with E-state index in [4.69, 9.17) is 11.6 Å². The molecule has 0 radical (unpaired) electrons. The minimum absolute atomic E-state index is 0.0359. The number of rotatable bonds is 3. The molecule has 1 unspecified atom stereocenters. The van der Waals surface area contributed by atoms with Crippen molar-refractivity contribution < 1.29 is 13.2 Å². The van der Waals surface area contributed by atoms with E-state index >= 15 is 0 Å². The third-order valence-electron chi connectivity index (χ3n) is 5.40. The Hall–Kier alpha value is -1.49. The summed E-state index contributed by atoms with van der Waals surface area (Å²) in [5.74, 6) is -2.71. The average Bonchev–Trinajstić information content (AvgIpc) is 3.08. The summed E-state index contributed by atoms with van der Waals surface area (Å²) >= 11 is 6.20. The fourth-order valence-corrected chi connectivity index (χ4v) is 4.22. The first-order valence-corrected chi connectivity index (χ1v) is 8.65. The Labute approximate surface area is 143 Å². The van der Waals surface area contributed by atoms with Gasteiger partial charge < -0.3 is 4.57 Å². The summed E-state index contributed by atoms with van der Waals surface area (Å²) in [4.78, 5) is 4.15. The number of imidazole rings is 1. The predicted octanol–water partition coefficient (Wildman–Crippen LogP) is 5.80. The van der Waals surface area contributed by atoms with Gasteiger partial charge in [0, 0.05) is 18.4 Å². The van der Waals surface area contributed by atoms with Crippen molar-refractivity contribution in [2.75, 3.05) is 0 Å². The van der Waals surface area contributed by atoms with E-state index in [1.54, 1.807) is 6.33 Å². The topological polar surface area (TPSA) is 17.8 Å². The van der Waals surface area contributed by atoms with Gasteiger partial charge in [-0.1, -0.05) is 35.9 Å². The molecule has 1 aromatic carbocycles. The fourth-order valence-electron chi connectivity index (χ4n) is 3.98. The summed E-state index contributed by atoms with van der Waals surface area (Å²) in [6.45, 7) is 0. The van der Waals surface area contributed by atoms with E-state index in [0.29, 0.717) is 11.6 Å². The molecule has 0 N–H and O–H groups in total. The van der Waals surface area contributed by atoms with Gasteiger partial charge in [-0.3, -0.25) is 0 Å². The van der Waals surface area contributed by atoms with E-state index < -0.39 is 11.6 Å². The quantitative estimate of drug-likeness (QED) is 0.680. The van der Waals surface area contributed by atoms with E-state index in [9.17, 15) is 13.2 Å². The standard InChI is InChI=1S/C18H18ClF3N2/c19-16-15-13-4-2-1-3-12(13)14(24(15)11-23-16)5-6-17(20)7-9-18(21,22)10-8-17/h1-4,11,14H,5-10H2. The number of halogens is 4. The Morgan fingerprint density at radius 1 is 1.12 bits per heavy atom. The van der Waals surface area contributed by atoms with Gasteiger partial charge in [-0.15, -0.1) is 0 Å². The van der Waals surface area contributed by atoms with Gasteiger partial charge in [0.2, 0.25) is 5.92 Å². The van der Waals surface area contributed by atoms with E-state index in [-0.39, 0.29) is 38.1 Å². The highest BCUT2D eigenvalue weighted by Crippen LogP contribution is 2.48. The zero-order valence-corrected chi connectivity index (χ0v) is 13.9. The lowest BCUT2D eigenvalue weighted by molar-refractivity contribution is -0.0781. The van der Waals surface area contributed by atoms with Crippen LogP contribution in [0, 0.1) is 0 Å². The third kappa shape index (κ3) is 2.63. The Morgan fingerprint density at radius 2 is 1.83 bits per heavy atom. The highest BCUT2D eigenvalue weighted by Gasteiger charge is 2.44. The van der Waals surface area contributed by atoms with Crippen molar-refractivity contribution in [2.45, 2.75) is 56.2 Å². The van der Waals surface area contributed by atoms with Crippen LogP contribution in [0.4, 0.5) is 13.2 Å². The van der Waals surface area contributed by atoms with Crippen LogP contribution in [-0.4, -0.2) is 21.1 Å². The normalized spacial score (nSPS) is 23.8. The number of fused-ring (bicyclic) bond motifs is 3. The lowest BCUT2D eigenvalue weighted by atomic mass is 9.80. The van der Waals surface area contributed by atoms with E-state index in [0.717, 1.165) is 16.8 Å². The number of hydrogen-bond donors (Lipinski definition) is 0. The van der Waals surface area contributed by atoms with Crippen LogP contribution in [0.5, 0.6) is 0 Å². The molecule has 6 heteroatoms. The van der Waals surface area contributed by atoms with Crippen LogP contribution in [0.3, 0.4) is 0 Å². The molecule has 128 valence electrons. The number of nitrogens with zero attached hydrogens (tertiary/aromatic N) is 2. The van der Waals surface area contributed by atoms with Gasteiger partial charge in [0.1, 0.15) is 5.67 Å². The molecule has 0 bridgehead atoms. The number of alkyl halides is 3. The monoisotopic (exact) mass is 354 g/mol. The molecule has 2 aliphatic rings. The molecule has 4 rings (SSSR count). The maximum absolute atomic E-state index is 14.9. The summed E-state index contributed by atoms with van der Waals surface area (Å²) in [5.41, 5.74) is 1.49. The van der Waals surface area contributed by atoms with Gasteiger partial charge in [-0.25, -0.2) is 18.2 Å². The fraction of sp³-hybridized carbons (Fsp3) is 0.500. The Kier molecular flexibility index (Phi) is 3.68. The van der Waals surface area contributed by atoms with E-state index in [2.05, 4.69) is 4.98 Å². The first-order chi connectivity index (χ1) is 11.4. The van der Waals surface area contributed by atoms with Gasteiger partial charge in [-0.2, -0.15) is 0 Å². The van der Waals surface area contributed by atoms with Crippen molar-refractivity contribution >= 4 is 11.6 Å². The molecule has 1 saturated carbocycles. The molecule has 2 nitrogen and oxygen atoms in total. The van der Waals surface area contributed by atoms with Gasteiger partial charge in [0.15, 0.2) is 5.15 Å². The molecule has 0 spiro atoms. The molecular weight excluding hydrogens is 337 g/mol. The number of hydrogen-bond acceptors (Lipinski definition) is 1. The molecule has 1 fully saturated rings. The predicted molar refractivity (Wildman–Crippen MR) is 87.3 cm³/mol. The van der Waals surface area contributed by atoms with Crippen LogP contribution in [-0.2, 0) is 0 Å². The van der Waals surface area contributed by atoms with Crippen molar-refractivity contribution in [3.05, 3.63) is 41.3 Å². The van der Waals surface area contributed by atoms with Gasteiger partial charge in [0.05, 0.1) is 18.1 Å². The maximum atomic E-state index is 14.9. The highest BCUT2D eigenvalue weighted by molar-refractivity contribution is 6.32. The summed E-state index contributed by atoms with van der Waals surface area (Å²) in [6, 6.07) is 7.86. The second-order valence-electron chi connectivity index (χ2n) is 6.94. The first-order valence-electron chi connectivity index (χ1n) is 8.27. The molecule has 1 aromatic heterocycles. The highest BCUT2D eigenvalue weighted by atomic mass is 35.5. The van der Waals surface area contributed by atoms with Gasteiger partial charge in [0.25, 0.3) is 0 Å². The Bertz CT molecular complexity index is 761. The summed E-state index contributed by atoms with van der Waals surface area (Å²) < 4.78 is 43.5. The number of aromatic nitrogens is 2. The Balaban J connectivity index is 1.55. The molecule has 24 heavy (non-hydrogen) atoms. The van der Waals surface area contributed by atoms with Crippen molar-refractivity contribution in [3.8, 4) is 11.3 Å². The van der Waals surface area contributed by atoms with Crippen LogP contribution in [0.1, 0.15) is 50.1 Å². The minimum atomic E-state index is -2.71. The molecule has 2 heterocycles. The average molecular weight is 355 g/mol. The van der Waals surface area contributed by atoms with E-state index in [1.165, 1.54) is 0 Å². The molecule has 2 aromatic rings. The SMILES string of the molecule is FC1(F)CCC(F)(CCC2c3ccccc3-c3c(Cl)ncn32)CC1. The molecule has 1 aliphatic heterocycles. The van der Waals surface area contributed by atoms with Crippen molar-refractivity contribution in [3.63, 3.8) is 0 Å². The first kappa shape index (κ1) is 16.0. The van der Waals surface area contributed by atoms with Crippen LogP contribution in [0.25, 0.3) is 11.3 Å². The summed E-state index contributed by atoms with van der Waals surface area (Å²) in [7, 11) is 0. The maximum Gasteiger partial charge on any atom is 0.248 e. The Morgan fingerprint density at radius 3 is 2.58 bits per heavy atom. The zero-order valence-electron chi connectivity index (χ0n) is 13.1. The largest absolute Gasteiger partial charge is 0.322 e. The molecule has 0 saturated heterocycles. The summed E-state index contributed by atoms with van der Waals surface area (Å²) in [6.07, 6.45) is 1.68. The van der Waals surface area contributed by atoms with E-state index in [1.807, 2.05) is 28.8 Å². The van der Waals surface area contributed by atoms with Crippen LogP contribution >= 0.6 is 11.6 Å². The number of benzene rings is 1. The molecule has 1 aliphatic carbocycles. The minimum Gasteiger partial charge on any atom is -0.322 e. The lowest BCUT2D eigenvalue weighted by Gasteiger charge is -2.34. The molecule has 1 atom stereocenters. The van der Waals surface area contributed by atoms with Gasteiger partial charge in [-0.05, 0) is 31.2 Å². The second-order valence-corrected chi connectivity index (χ2v) is 7.30. The van der Waals surface area contributed by atoms with Gasteiger partial charge >= 0.3 is 0 Å². The smallest absolute Gasteiger partial charge is 0.248 e. The second kappa shape index (κ2) is 5.51. The third-order valence-corrected chi connectivity index (χ3v) is 5.68.